The van der Waals surface area contributed by atoms with E-state index in [1.54, 1.807) is 0 Å². The molecule has 5 heteroatoms. The van der Waals surface area contributed by atoms with Crippen LogP contribution in [0.15, 0.2) is 12.3 Å². The normalized spacial score (nSPS) is 9.00. The van der Waals surface area contributed by atoms with Crippen molar-refractivity contribution >= 4 is 5.97 Å². The van der Waals surface area contributed by atoms with Gasteiger partial charge in [0.2, 0.25) is 0 Å². The Kier molecular flexibility index (Phi) is 3.15. The molecule has 0 spiro atoms. The standard InChI is InChI=1S/C9H6FNO3/c10-8-6(9(13)14)3-4-11-7(8)2-1-5-12/h3-4,12H,5H2,(H,13,14). The van der Waals surface area contributed by atoms with E-state index in [0.29, 0.717) is 0 Å². The van der Waals surface area contributed by atoms with Crippen LogP contribution < -0.4 is 0 Å². The van der Waals surface area contributed by atoms with Gasteiger partial charge in [-0.2, -0.15) is 0 Å². The highest BCUT2D eigenvalue weighted by atomic mass is 19.1. The molecule has 1 rings (SSSR count). The minimum atomic E-state index is -1.38. The largest absolute Gasteiger partial charge is 0.478 e. The molecule has 1 heterocycles. The summed E-state index contributed by atoms with van der Waals surface area (Å²) in [6, 6.07) is 1.04. The van der Waals surface area contributed by atoms with Crippen molar-refractivity contribution in [2.45, 2.75) is 0 Å². The molecule has 4 nitrogen and oxygen atoms in total. The molecule has 0 amide bonds. The number of rotatable bonds is 1. The van der Waals surface area contributed by atoms with E-state index in [4.69, 9.17) is 10.2 Å². The zero-order valence-corrected chi connectivity index (χ0v) is 6.99. The summed E-state index contributed by atoms with van der Waals surface area (Å²) in [6.07, 6.45) is 1.15. The van der Waals surface area contributed by atoms with Crippen molar-refractivity contribution in [3.05, 3.63) is 29.3 Å². The quantitative estimate of drug-likeness (QED) is 0.630. The van der Waals surface area contributed by atoms with Crippen molar-refractivity contribution in [3.63, 3.8) is 0 Å². The summed E-state index contributed by atoms with van der Waals surface area (Å²) in [4.78, 5) is 14.0. The van der Waals surface area contributed by atoms with Crippen LogP contribution >= 0.6 is 0 Å². The molecule has 0 aliphatic carbocycles. The number of aromatic nitrogens is 1. The van der Waals surface area contributed by atoms with E-state index in [9.17, 15) is 9.18 Å². The Hall–Kier alpha value is -1.93. The third kappa shape index (κ3) is 2.06. The Morgan fingerprint density at radius 2 is 2.36 bits per heavy atom. The summed E-state index contributed by atoms with van der Waals surface area (Å²) in [7, 11) is 0. The molecule has 2 N–H and O–H groups in total. The van der Waals surface area contributed by atoms with Crippen molar-refractivity contribution in [2.24, 2.45) is 0 Å². The minimum absolute atomic E-state index is 0.279. The molecule has 0 radical (unpaired) electrons. The second-order valence-electron chi connectivity index (χ2n) is 2.29. The van der Waals surface area contributed by atoms with E-state index >= 15 is 0 Å². The highest BCUT2D eigenvalue weighted by Gasteiger charge is 2.13. The highest BCUT2D eigenvalue weighted by molar-refractivity contribution is 5.88. The third-order valence-electron chi connectivity index (χ3n) is 1.41. The van der Waals surface area contributed by atoms with Gasteiger partial charge in [-0.1, -0.05) is 5.92 Å². The fourth-order valence-corrected chi connectivity index (χ4v) is 0.819. The lowest BCUT2D eigenvalue weighted by Crippen LogP contribution is -2.03. The summed E-state index contributed by atoms with van der Waals surface area (Å²) >= 11 is 0. The molecule has 0 fully saturated rings. The second kappa shape index (κ2) is 4.35. The number of pyridine rings is 1. The van der Waals surface area contributed by atoms with Gasteiger partial charge in [0, 0.05) is 6.20 Å². The van der Waals surface area contributed by atoms with Gasteiger partial charge in [-0.3, -0.25) is 0 Å². The van der Waals surface area contributed by atoms with E-state index < -0.39 is 24.0 Å². The number of carbonyl (C=O) groups is 1. The number of aliphatic hydroxyl groups is 1. The first-order chi connectivity index (χ1) is 6.66. The predicted molar refractivity (Wildman–Crippen MR) is 45.1 cm³/mol. The average molecular weight is 195 g/mol. The number of carboxylic acid groups (broad SMARTS) is 1. The van der Waals surface area contributed by atoms with Gasteiger partial charge in [-0.15, -0.1) is 0 Å². The van der Waals surface area contributed by atoms with Gasteiger partial charge in [0.25, 0.3) is 0 Å². The SMILES string of the molecule is O=C(O)c1ccnc(C#CCO)c1F. The van der Waals surface area contributed by atoms with Crippen LogP contribution in [0, 0.1) is 17.7 Å². The monoisotopic (exact) mass is 195 g/mol. The fraction of sp³-hybridized carbons (Fsp3) is 0.111. The van der Waals surface area contributed by atoms with E-state index in [-0.39, 0.29) is 5.69 Å². The van der Waals surface area contributed by atoms with Crippen LogP contribution in [-0.4, -0.2) is 27.8 Å². The second-order valence-corrected chi connectivity index (χ2v) is 2.29. The van der Waals surface area contributed by atoms with Gasteiger partial charge in [-0.25, -0.2) is 14.2 Å². The Morgan fingerprint density at radius 1 is 1.64 bits per heavy atom. The highest BCUT2D eigenvalue weighted by Crippen LogP contribution is 2.08. The van der Waals surface area contributed by atoms with Crippen LogP contribution in [0.4, 0.5) is 4.39 Å². The zero-order valence-electron chi connectivity index (χ0n) is 6.99. The fourth-order valence-electron chi connectivity index (χ4n) is 0.819. The number of nitrogens with zero attached hydrogens (tertiary/aromatic N) is 1. The lowest BCUT2D eigenvalue weighted by molar-refractivity contribution is 0.0691. The maximum absolute atomic E-state index is 13.2. The maximum Gasteiger partial charge on any atom is 0.338 e. The van der Waals surface area contributed by atoms with Gasteiger partial charge in [0.1, 0.15) is 12.3 Å². The van der Waals surface area contributed by atoms with Crippen LogP contribution in [-0.2, 0) is 0 Å². The van der Waals surface area contributed by atoms with Crippen molar-refractivity contribution in [3.8, 4) is 11.8 Å². The van der Waals surface area contributed by atoms with Crippen LogP contribution in [0.1, 0.15) is 16.1 Å². The van der Waals surface area contributed by atoms with Crippen LogP contribution in [0.5, 0.6) is 0 Å². The smallest absolute Gasteiger partial charge is 0.338 e. The molecule has 14 heavy (non-hydrogen) atoms. The van der Waals surface area contributed by atoms with Crippen molar-refractivity contribution < 1.29 is 19.4 Å². The summed E-state index contributed by atoms with van der Waals surface area (Å²) in [5, 5.41) is 16.9. The first-order valence-electron chi connectivity index (χ1n) is 3.64. The van der Waals surface area contributed by atoms with E-state index in [1.165, 1.54) is 0 Å². The lowest BCUT2D eigenvalue weighted by atomic mass is 10.2. The van der Waals surface area contributed by atoms with Gasteiger partial charge >= 0.3 is 5.97 Å². The number of aliphatic hydroxyl groups excluding tert-OH is 1. The molecule has 0 aliphatic heterocycles. The molecule has 0 saturated heterocycles. The summed E-state index contributed by atoms with van der Waals surface area (Å²) in [5.41, 5.74) is -0.763. The predicted octanol–water partition coefficient (Wildman–Crippen LogP) is 0.263. The van der Waals surface area contributed by atoms with Crippen LogP contribution in [0.25, 0.3) is 0 Å². The van der Waals surface area contributed by atoms with E-state index in [2.05, 4.69) is 16.8 Å². The Bertz CT molecular complexity index is 420. The number of hydrogen-bond donors (Lipinski definition) is 2. The van der Waals surface area contributed by atoms with Crippen molar-refractivity contribution in [1.29, 1.82) is 0 Å². The molecular weight excluding hydrogens is 189 g/mol. The molecule has 0 bridgehead atoms. The molecule has 0 aromatic carbocycles. The maximum atomic E-state index is 13.2. The van der Waals surface area contributed by atoms with Crippen LogP contribution in [0.3, 0.4) is 0 Å². The van der Waals surface area contributed by atoms with Crippen molar-refractivity contribution in [2.75, 3.05) is 6.61 Å². The Morgan fingerprint density at radius 3 is 2.93 bits per heavy atom. The number of halogens is 1. The minimum Gasteiger partial charge on any atom is -0.478 e. The van der Waals surface area contributed by atoms with Crippen molar-refractivity contribution in [1.82, 2.24) is 4.98 Å². The molecule has 0 atom stereocenters. The van der Waals surface area contributed by atoms with E-state index in [0.717, 1.165) is 12.3 Å². The zero-order chi connectivity index (χ0) is 10.6. The van der Waals surface area contributed by atoms with Gasteiger partial charge in [-0.05, 0) is 12.0 Å². The third-order valence-corrected chi connectivity index (χ3v) is 1.41. The molecular formula is C9H6FNO3. The topological polar surface area (TPSA) is 70.4 Å². The van der Waals surface area contributed by atoms with Gasteiger partial charge in [0.05, 0.1) is 5.56 Å². The number of aromatic carboxylic acids is 1. The Labute approximate surface area is 79.0 Å². The average Bonchev–Trinajstić information content (AvgIpc) is 2.16. The summed E-state index contributed by atoms with van der Waals surface area (Å²) < 4.78 is 13.2. The molecule has 72 valence electrons. The van der Waals surface area contributed by atoms with E-state index in [1.807, 2.05) is 0 Å². The van der Waals surface area contributed by atoms with Gasteiger partial charge in [0.15, 0.2) is 5.82 Å². The summed E-state index contributed by atoms with van der Waals surface area (Å²) in [5.74, 6) is 2.03. The molecule has 1 aromatic heterocycles. The van der Waals surface area contributed by atoms with Gasteiger partial charge < -0.3 is 10.2 Å². The number of hydrogen-bond acceptors (Lipinski definition) is 3. The Balaban J connectivity index is 3.20. The molecule has 1 aromatic rings. The lowest BCUT2D eigenvalue weighted by Gasteiger charge is -1.97. The number of carboxylic acids is 1. The van der Waals surface area contributed by atoms with Crippen LogP contribution in [0.2, 0.25) is 0 Å². The summed E-state index contributed by atoms with van der Waals surface area (Å²) in [6.45, 7) is -0.432. The molecule has 0 unspecified atom stereocenters. The molecule has 0 saturated carbocycles. The first-order valence-corrected chi connectivity index (χ1v) is 3.64. The molecule has 0 aliphatic rings. The first kappa shape index (κ1) is 10.2.